The number of esters is 1. The molecule has 0 bridgehead atoms. The molecule has 0 aliphatic heterocycles. The summed E-state index contributed by atoms with van der Waals surface area (Å²) in [5.74, 6) is -0.526. The first kappa shape index (κ1) is 16.5. The molecule has 0 fully saturated rings. The van der Waals surface area contributed by atoms with Crippen LogP contribution >= 0.6 is 22.9 Å². The number of aromatic nitrogens is 2. The fourth-order valence-corrected chi connectivity index (χ4v) is 2.94. The number of carbonyl (C=O) groups excluding carboxylic acids is 2. The molecule has 22 heavy (non-hydrogen) atoms. The summed E-state index contributed by atoms with van der Waals surface area (Å²) in [6.45, 7) is 2.68. The van der Waals surface area contributed by atoms with E-state index in [1.54, 1.807) is 11.0 Å². The van der Waals surface area contributed by atoms with Gasteiger partial charge in [0.05, 0.1) is 19.2 Å². The monoisotopic (exact) mass is 341 g/mol. The van der Waals surface area contributed by atoms with Gasteiger partial charge in [-0.25, -0.2) is 4.98 Å². The highest BCUT2D eigenvalue weighted by Crippen LogP contribution is 2.22. The lowest BCUT2D eigenvalue weighted by Gasteiger charge is -2.18. The number of imidazole rings is 1. The van der Waals surface area contributed by atoms with Gasteiger partial charge in [-0.1, -0.05) is 11.6 Å². The highest BCUT2D eigenvalue weighted by atomic mass is 35.5. The molecule has 0 radical (unpaired) electrons. The molecule has 118 valence electrons. The van der Waals surface area contributed by atoms with Crippen molar-refractivity contribution < 1.29 is 14.3 Å². The maximum Gasteiger partial charge on any atom is 0.307 e. The van der Waals surface area contributed by atoms with Crippen LogP contribution in [0.15, 0.2) is 17.7 Å². The average Bonchev–Trinajstić information content (AvgIpc) is 3.06. The quantitative estimate of drug-likeness (QED) is 0.598. The number of amides is 1. The fraction of sp³-hybridized carbons (Fsp3) is 0.357. The van der Waals surface area contributed by atoms with Gasteiger partial charge < -0.3 is 9.64 Å². The van der Waals surface area contributed by atoms with Crippen LogP contribution in [0.3, 0.4) is 0 Å². The number of fused-ring (bicyclic) bond motifs is 1. The Hall–Kier alpha value is -1.86. The Balaban J connectivity index is 2.07. The Morgan fingerprint density at radius 1 is 1.55 bits per heavy atom. The third kappa shape index (κ3) is 3.66. The molecule has 0 aliphatic carbocycles. The molecule has 0 saturated carbocycles. The van der Waals surface area contributed by atoms with Crippen LogP contribution in [0.5, 0.6) is 0 Å². The molecule has 2 heterocycles. The lowest BCUT2D eigenvalue weighted by molar-refractivity contribution is -0.141. The van der Waals surface area contributed by atoms with Crippen molar-refractivity contribution in [2.45, 2.75) is 13.3 Å². The molecule has 2 rings (SSSR count). The second-order valence-electron chi connectivity index (χ2n) is 4.42. The molecule has 2 aromatic rings. The number of rotatable bonds is 6. The Morgan fingerprint density at radius 2 is 2.32 bits per heavy atom. The SMILES string of the molecule is CCN(CCC(=O)OC)C(=O)/C=C/c1c(Cl)nc2sccn12. The maximum atomic E-state index is 12.2. The van der Waals surface area contributed by atoms with Crippen LogP contribution < -0.4 is 0 Å². The van der Waals surface area contributed by atoms with Crippen molar-refractivity contribution in [3.8, 4) is 0 Å². The number of methoxy groups -OCH3 is 1. The number of ether oxygens (including phenoxy) is 1. The number of likely N-dealkylation sites (N-methyl/N-ethyl adjacent to an activating group) is 1. The standard InChI is InChI=1S/C14H16ClN3O3S/c1-3-17(7-6-12(20)21-2)11(19)5-4-10-13(15)16-14-18(10)8-9-22-14/h4-5,8-9H,3,6-7H2,1-2H3/b5-4+. The smallest absolute Gasteiger partial charge is 0.307 e. The van der Waals surface area contributed by atoms with Crippen LogP contribution in [-0.2, 0) is 14.3 Å². The number of carbonyl (C=O) groups is 2. The zero-order valence-corrected chi connectivity index (χ0v) is 13.9. The normalized spacial score (nSPS) is 11.2. The van der Waals surface area contributed by atoms with Gasteiger partial charge in [0.2, 0.25) is 5.91 Å². The van der Waals surface area contributed by atoms with E-state index >= 15 is 0 Å². The summed E-state index contributed by atoms with van der Waals surface area (Å²) in [7, 11) is 1.33. The molecule has 0 atom stereocenters. The summed E-state index contributed by atoms with van der Waals surface area (Å²) in [6.07, 6.45) is 5.09. The van der Waals surface area contributed by atoms with E-state index in [1.165, 1.54) is 24.5 Å². The van der Waals surface area contributed by atoms with Gasteiger partial charge in [-0.2, -0.15) is 0 Å². The first-order valence-corrected chi connectivity index (χ1v) is 7.97. The Kier molecular flexibility index (Phi) is 5.57. The fourth-order valence-electron chi connectivity index (χ4n) is 1.93. The molecule has 6 nitrogen and oxygen atoms in total. The number of hydrogen-bond acceptors (Lipinski definition) is 5. The van der Waals surface area contributed by atoms with Crippen LogP contribution in [0.25, 0.3) is 11.0 Å². The Morgan fingerprint density at radius 3 is 3.00 bits per heavy atom. The van der Waals surface area contributed by atoms with Crippen molar-refractivity contribution in [2.75, 3.05) is 20.2 Å². The van der Waals surface area contributed by atoms with E-state index in [0.717, 1.165) is 4.96 Å². The predicted molar refractivity (Wildman–Crippen MR) is 86.0 cm³/mol. The summed E-state index contributed by atoms with van der Waals surface area (Å²) < 4.78 is 6.40. The highest BCUT2D eigenvalue weighted by Gasteiger charge is 2.13. The second kappa shape index (κ2) is 7.42. The minimum Gasteiger partial charge on any atom is -0.469 e. The number of thiazole rings is 1. The molecule has 2 aromatic heterocycles. The van der Waals surface area contributed by atoms with E-state index < -0.39 is 0 Å². The van der Waals surface area contributed by atoms with E-state index in [9.17, 15) is 9.59 Å². The van der Waals surface area contributed by atoms with Crippen LogP contribution in [0.2, 0.25) is 5.15 Å². The summed E-state index contributed by atoms with van der Waals surface area (Å²) in [5, 5.41) is 2.25. The summed E-state index contributed by atoms with van der Waals surface area (Å²) >= 11 is 7.53. The predicted octanol–water partition coefficient (Wildman–Crippen LogP) is 2.47. The molecule has 8 heteroatoms. The van der Waals surface area contributed by atoms with Crippen LogP contribution in [0.1, 0.15) is 19.0 Å². The Labute approximate surface area is 137 Å². The maximum absolute atomic E-state index is 12.2. The van der Waals surface area contributed by atoms with Gasteiger partial charge in [0, 0.05) is 30.7 Å². The molecular weight excluding hydrogens is 326 g/mol. The summed E-state index contributed by atoms with van der Waals surface area (Å²) in [6, 6.07) is 0. The molecule has 0 aromatic carbocycles. The lowest BCUT2D eigenvalue weighted by Crippen LogP contribution is -2.31. The van der Waals surface area contributed by atoms with Crippen molar-refractivity contribution in [3.63, 3.8) is 0 Å². The van der Waals surface area contributed by atoms with E-state index in [4.69, 9.17) is 11.6 Å². The minimum atomic E-state index is -0.339. The molecule has 1 amide bonds. The molecule has 0 spiro atoms. The van der Waals surface area contributed by atoms with Gasteiger partial charge >= 0.3 is 5.97 Å². The van der Waals surface area contributed by atoms with Crippen LogP contribution in [-0.4, -0.2) is 46.4 Å². The van der Waals surface area contributed by atoms with Gasteiger partial charge in [-0.3, -0.25) is 14.0 Å². The van der Waals surface area contributed by atoms with Gasteiger partial charge in [-0.05, 0) is 13.0 Å². The van der Waals surface area contributed by atoms with Gasteiger partial charge in [0.15, 0.2) is 10.1 Å². The number of nitrogens with zero attached hydrogens (tertiary/aromatic N) is 3. The first-order chi connectivity index (χ1) is 10.6. The van der Waals surface area contributed by atoms with Gasteiger partial charge in [-0.15, -0.1) is 11.3 Å². The second-order valence-corrected chi connectivity index (χ2v) is 5.65. The zero-order valence-electron chi connectivity index (χ0n) is 12.3. The van der Waals surface area contributed by atoms with E-state index in [0.29, 0.717) is 23.9 Å². The van der Waals surface area contributed by atoms with Crippen molar-refractivity contribution in [2.24, 2.45) is 0 Å². The summed E-state index contributed by atoms with van der Waals surface area (Å²) in [4.78, 5) is 29.9. The molecular formula is C14H16ClN3O3S. The minimum absolute atomic E-state index is 0.173. The third-order valence-corrected chi connectivity index (χ3v) is 4.18. The third-order valence-electron chi connectivity index (χ3n) is 3.14. The van der Waals surface area contributed by atoms with Crippen LogP contribution in [0, 0.1) is 0 Å². The van der Waals surface area contributed by atoms with Crippen LogP contribution in [0.4, 0.5) is 0 Å². The molecule has 0 N–H and O–H groups in total. The first-order valence-electron chi connectivity index (χ1n) is 6.71. The zero-order chi connectivity index (χ0) is 16.1. The number of hydrogen-bond donors (Lipinski definition) is 0. The average molecular weight is 342 g/mol. The van der Waals surface area contributed by atoms with Crippen molar-refractivity contribution >= 4 is 45.9 Å². The Bertz CT molecular complexity index is 707. The number of halogens is 1. The molecule has 0 saturated heterocycles. The summed E-state index contributed by atoms with van der Waals surface area (Å²) in [5.41, 5.74) is 0.662. The van der Waals surface area contributed by atoms with Crippen molar-refractivity contribution in [1.82, 2.24) is 14.3 Å². The van der Waals surface area contributed by atoms with Crippen molar-refractivity contribution in [3.05, 3.63) is 28.5 Å². The highest BCUT2D eigenvalue weighted by molar-refractivity contribution is 7.15. The lowest BCUT2D eigenvalue weighted by atomic mass is 10.3. The van der Waals surface area contributed by atoms with E-state index in [1.807, 2.05) is 22.9 Å². The topological polar surface area (TPSA) is 63.9 Å². The van der Waals surface area contributed by atoms with Gasteiger partial charge in [0.1, 0.15) is 0 Å². The van der Waals surface area contributed by atoms with E-state index in [2.05, 4.69) is 9.72 Å². The molecule has 0 unspecified atom stereocenters. The largest absolute Gasteiger partial charge is 0.469 e. The van der Waals surface area contributed by atoms with Crippen molar-refractivity contribution in [1.29, 1.82) is 0 Å². The molecule has 0 aliphatic rings. The van der Waals surface area contributed by atoms with Gasteiger partial charge in [0.25, 0.3) is 0 Å². The van der Waals surface area contributed by atoms with E-state index in [-0.39, 0.29) is 18.3 Å².